The fourth-order valence-electron chi connectivity index (χ4n) is 4.05. The Hall–Kier alpha value is -2.93. The molecule has 0 bridgehead atoms. The van der Waals surface area contributed by atoms with Crippen LogP contribution in [0.4, 0.5) is 0 Å². The topological polar surface area (TPSA) is 64.6 Å². The number of amides is 1. The molecule has 0 spiro atoms. The molecular formula is C23H23N3O3S. The van der Waals surface area contributed by atoms with Crippen molar-refractivity contribution >= 4 is 17.2 Å². The summed E-state index contributed by atoms with van der Waals surface area (Å²) >= 11 is 1.53. The highest BCUT2D eigenvalue weighted by Gasteiger charge is 2.31. The zero-order valence-corrected chi connectivity index (χ0v) is 17.4. The van der Waals surface area contributed by atoms with Crippen molar-refractivity contribution in [1.82, 2.24) is 14.9 Å². The second-order valence-corrected chi connectivity index (χ2v) is 8.40. The lowest BCUT2D eigenvalue weighted by atomic mass is 10.0. The van der Waals surface area contributed by atoms with E-state index < -0.39 is 0 Å². The highest BCUT2D eigenvalue weighted by Crippen LogP contribution is 2.38. The summed E-state index contributed by atoms with van der Waals surface area (Å²) in [4.78, 5) is 24.1. The summed E-state index contributed by atoms with van der Waals surface area (Å²) in [6.07, 6.45) is 4.91. The first-order valence-corrected chi connectivity index (χ1v) is 11.2. The van der Waals surface area contributed by atoms with Gasteiger partial charge in [0, 0.05) is 24.5 Å². The smallest absolute Gasteiger partial charge is 0.229 e. The average molecular weight is 422 g/mol. The maximum Gasteiger partial charge on any atom is 0.229 e. The second kappa shape index (κ2) is 8.44. The molecule has 6 nitrogen and oxygen atoms in total. The number of thiazole rings is 1. The molecule has 3 aromatic rings. The highest BCUT2D eigenvalue weighted by atomic mass is 32.1. The van der Waals surface area contributed by atoms with E-state index >= 15 is 0 Å². The number of benzene rings is 1. The summed E-state index contributed by atoms with van der Waals surface area (Å²) in [6, 6.07) is 11.9. The van der Waals surface area contributed by atoms with Crippen LogP contribution in [0.2, 0.25) is 0 Å². The van der Waals surface area contributed by atoms with Gasteiger partial charge in [-0.05, 0) is 42.7 Å². The Labute approximate surface area is 179 Å². The number of pyridine rings is 1. The molecule has 2 aromatic heterocycles. The number of ether oxygens (including phenoxy) is 2. The minimum atomic E-state index is 0.0727. The lowest BCUT2D eigenvalue weighted by Gasteiger charge is -2.25. The van der Waals surface area contributed by atoms with Crippen molar-refractivity contribution in [3.63, 3.8) is 0 Å². The van der Waals surface area contributed by atoms with E-state index in [1.54, 1.807) is 6.20 Å². The summed E-state index contributed by atoms with van der Waals surface area (Å²) in [7, 11) is 0. The van der Waals surface area contributed by atoms with E-state index in [1.165, 1.54) is 11.3 Å². The van der Waals surface area contributed by atoms with Gasteiger partial charge >= 0.3 is 0 Å². The molecule has 7 heteroatoms. The molecule has 2 aliphatic heterocycles. The lowest BCUT2D eigenvalue weighted by Crippen LogP contribution is -2.31. The molecule has 1 saturated heterocycles. The van der Waals surface area contributed by atoms with Crippen LogP contribution in [-0.2, 0) is 11.2 Å². The molecule has 30 heavy (non-hydrogen) atoms. The van der Waals surface area contributed by atoms with Crippen molar-refractivity contribution in [3.05, 3.63) is 59.2 Å². The number of rotatable bonds is 4. The molecule has 2 aliphatic rings. The van der Waals surface area contributed by atoms with E-state index in [1.807, 2.05) is 40.6 Å². The Kier molecular flexibility index (Phi) is 5.36. The van der Waals surface area contributed by atoms with Crippen molar-refractivity contribution in [2.75, 3.05) is 19.8 Å². The van der Waals surface area contributed by atoms with Gasteiger partial charge in [-0.15, -0.1) is 11.3 Å². The fourth-order valence-corrected chi connectivity index (χ4v) is 4.85. The quantitative estimate of drug-likeness (QED) is 0.629. The Balaban J connectivity index is 1.31. The normalized spacial score (nSPS) is 18.3. The third-order valence-electron chi connectivity index (χ3n) is 5.50. The van der Waals surface area contributed by atoms with Crippen LogP contribution < -0.4 is 9.47 Å². The van der Waals surface area contributed by atoms with Crippen LogP contribution in [0.5, 0.6) is 11.5 Å². The zero-order valence-electron chi connectivity index (χ0n) is 16.6. The number of nitrogens with zero attached hydrogens (tertiary/aromatic N) is 3. The van der Waals surface area contributed by atoms with Gasteiger partial charge in [0.15, 0.2) is 11.5 Å². The van der Waals surface area contributed by atoms with Crippen molar-refractivity contribution in [3.8, 4) is 22.2 Å². The van der Waals surface area contributed by atoms with Gasteiger partial charge in [-0.2, -0.15) is 0 Å². The third kappa shape index (κ3) is 3.89. The van der Waals surface area contributed by atoms with Crippen molar-refractivity contribution in [2.24, 2.45) is 0 Å². The summed E-state index contributed by atoms with van der Waals surface area (Å²) in [5, 5.41) is 2.81. The Morgan fingerprint density at radius 3 is 2.90 bits per heavy atom. The maximum absolute atomic E-state index is 13.1. The molecule has 1 aromatic carbocycles. The molecule has 1 fully saturated rings. The van der Waals surface area contributed by atoms with Crippen LogP contribution in [0, 0.1) is 0 Å². The zero-order chi connectivity index (χ0) is 20.3. The molecule has 5 rings (SSSR count). The summed E-state index contributed by atoms with van der Waals surface area (Å²) in [6.45, 7) is 2.11. The molecular weight excluding hydrogens is 398 g/mol. The van der Waals surface area contributed by atoms with Gasteiger partial charge in [0.05, 0.1) is 37.1 Å². The van der Waals surface area contributed by atoms with Crippen LogP contribution in [0.25, 0.3) is 10.7 Å². The van der Waals surface area contributed by atoms with Gasteiger partial charge < -0.3 is 14.4 Å². The first kappa shape index (κ1) is 19.1. The number of aromatic nitrogens is 2. The van der Waals surface area contributed by atoms with Gasteiger partial charge in [-0.1, -0.05) is 12.1 Å². The van der Waals surface area contributed by atoms with Crippen molar-refractivity contribution < 1.29 is 14.3 Å². The number of hydrogen-bond acceptors (Lipinski definition) is 6. The number of likely N-dealkylation sites (tertiary alicyclic amines) is 1. The van der Waals surface area contributed by atoms with Crippen LogP contribution in [-0.4, -0.2) is 40.5 Å². The van der Waals surface area contributed by atoms with Gasteiger partial charge in [0.2, 0.25) is 5.91 Å². The number of carbonyl (C=O) groups is 1. The number of fused-ring (bicyclic) bond motifs is 1. The Morgan fingerprint density at radius 1 is 1.13 bits per heavy atom. The molecule has 1 amide bonds. The molecule has 1 atom stereocenters. The Morgan fingerprint density at radius 2 is 2.03 bits per heavy atom. The van der Waals surface area contributed by atoms with Crippen LogP contribution in [0.15, 0.2) is 48.0 Å². The van der Waals surface area contributed by atoms with Gasteiger partial charge in [-0.3, -0.25) is 9.78 Å². The minimum absolute atomic E-state index is 0.0727. The maximum atomic E-state index is 13.1. The average Bonchev–Trinajstić information content (AvgIpc) is 3.39. The predicted molar refractivity (Wildman–Crippen MR) is 115 cm³/mol. The first-order valence-electron chi connectivity index (χ1n) is 10.3. The van der Waals surface area contributed by atoms with E-state index in [0.29, 0.717) is 19.6 Å². The third-order valence-corrected chi connectivity index (χ3v) is 6.41. The molecule has 0 unspecified atom stereocenters. The lowest BCUT2D eigenvalue weighted by molar-refractivity contribution is -0.131. The first-order chi connectivity index (χ1) is 14.8. The van der Waals surface area contributed by atoms with Gasteiger partial charge in [0.1, 0.15) is 5.01 Å². The molecule has 0 saturated carbocycles. The standard InChI is InChI=1S/C23H23N3O3S/c27-22(14-17-15-30-23(25-17)18-5-1-2-9-24-18)26-10-3-6-19(26)16-7-8-20-21(13-16)29-12-4-11-28-20/h1-2,5,7-9,13,15,19H,3-4,6,10-12,14H2/t19-/m1/s1. The van der Waals surface area contributed by atoms with Gasteiger partial charge in [-0.25, -0.2) is 4.98 Å². The predicted octanol–water partition coefficient (Wildman–Crippen LogP) is 4.27. The number of carbonyl (C=O) groups excluding carboxylic acids is 1. The minimum Gasteiger partial charge on any atom is -0.490 e. The molecule has 154 valence electrons. The van der Waals surface area contributed by atoms with E-state index in [9.17, 15) is 4.79 Å². The summed E-state index contributed by atoms with van der Waals surface area (Å²) < 4.78 is 11.6. The molecule has 0 radical (unpaired) electrons. The molecule has 4 heterocycles. The van der Waals surface area contributed by atoms with Crippen LogP contribution in [0.1, 0.15) is 36.6 Å². The van der Waals surface area contributed by atoms with Crippen molar-refractivity contribution in [2.45, 2.75) is 31.7 Å². The van der Waals surface area contributed by atoms with Gasteiger partial charge in [0.25, 0.3) is 0 Å². The fraction of sp³-hybridized carbons (Fsp3) is 0.348. The highest BCUT2D eigenvalue weighted by molar-refractivity contribution is 7.13. The van der Waals surface area contributed by atoms with E-state index in [0.717, 1.165) is 59.3 Å². The number of hydrogen-bond donors (Lipinski definition) is 0. The summed E-state index contributed by atoms with van der Waals surface area (Å²) in [5.41, 5.74) is 2.75. The SMILES string of the molecule is O=C(Cc1csc(-c2ccccn2)n1)N1CCC[C@@H]1c1ccc2c(c1)OCCCO2. The summed E-state index contributed by atoms with van der Waals surface area (Å²) in [5.74, 6) is 1.68. The van der Waals surface area contributed by atoms with Crippen LogP contribution in [0.3, 0.4) is 0 Å². The van der Waals surface area contributed by atoms with E-state index in [-0.39, 0.29) is 11.9 Å². The second-order valence-electron chi connectivity index (χ2n) is 7.54. The van der Waals surface area contributed by atoms with E-state index in [2.05, 4.69) is 16.0 Å². The van der Waals surface area contributed by atoms with Crippen molar-refractivity contribution in [1.29, 1.82) is 0 Å². The molecule has 0 aliphatic carbocycles. The largest absolute Gasteiger partial charge is 0.490 e. The monoisotopic (exact) mass is 421 g/mol. The van der Waals surface area contributed by atoms with E-state index in [4.69, 9.17) is 9.47 Å². The van der Waals surface area contributed by atoms with Crippen LogP contribution >= 0.6 is 11.3 Å². The Bertz CT molecular complexity index is 1040. The molecule has 0 N–H and O–H groups in total.